The first-order valence-electron chi connectivity index (χ1n) is 7.20. The minimum absolute atomic E-state index is 0.907. The predicted molar refractivity (Wildman–Crippen MR) is 95.7 cm³/mol. The normalized spacial score (nSPS) is 10.4. The van der Waals surface area contributed by atoms with Crippen LogP contribution in [0.25, 0.3) is 11.1 Å². The van der Waals surface area contributed by atoms with Crippen LogP contribution in [0, 0.1) is 0 Å². The average molecular weight is 306 g/mol. The summed E-state index contributed by atoms with van der Waals surface area (Å²) in [4.78, 5) is 1.16. The number of hydrogen-bond acceptors (Lipinski definition) is 3. The van der Waals surface area contributed by atoms with Crippen LogP contribution < -0.4 is 11.3 Å². The molecule has 3 heteroatoms. The predicted octanol–water partition coefficient (Wildman–Crippen LogP) is 4.93. The molecule has 0 unspecified atom stereocenters. The molecule has 0 aromatic heterocycles. The molecule has 110 valence electrons. The number of nitrogens with two attached hydrogens (primary N) is 1. The van der Waals surface area contributed by atoms with Gasteiger partial charge in [0.15, 0.2) is 0 Å². The van der Waals surface area contributed by atoms with Crippen molar-refractivity contribution in [1.29, 1.82) is 0 Å². The molecule has 0 aliphatic rings. The zero-order valence-corrected chi connectivity index (χ0v) is 13.0. The maximum Gasteiger partial charge on any atom is 0.0621 e. The van der Waals surface area contributed by atoms with Crippen molar-refractivity contribution in [3.05, 3.63) is 84.4 Å². The minimum atomic E-state index is 0.907. The third-order valence-electron chi connectivity index (χ3n) is 3.53. The van der Waals surface area contributed by atoms with Gasteiger partial charge in [0.05, 0.1) is 5.69 Å². The van der Waals surface area contributed by atoms with Crippen LogP contribution >= 0.6 is 11.8 Å². The van der Waals surface area contributed by atoms with Crippen LogP contribution in [0.1, 0.15) is 5.56 Å². The molecular weight excluding hydrogens is 288 g/mol. The van der Waals surface area contributed by atoms with Gasteiger partial charge in [-0.2, -0.15) is 0 Å². The Balaban J connectivity index is 1.85. The summed E-state index contributed by atoms with van der Waals surface area (Å²) >= 11 is 1.79. The fourth-order valence-electron chi connectivity index (χ4n) is 2.41. The van der Waals surface area contributed by atoms with Gasteiger partial charge in [0.1, 0.15) is 0 Å². The van der Waals surface area contributed by atoms with Gasteiger partial charge in [0.2, 0.25) is 0 Å². The van der Waals surface area contributed by atoms with Crippen molar-refractivity contribution in [3.8, 4) is 11.1 Å². The number of rotatable bonds is 5. The maximum atomic E-state index is 5.58. The molecule has 22 heavy (non-hydrogen) atoms. The molecule has 3 rings (SSSR count). The first-order chi connectivity index (χ1) is 10.9. The molecule has 0 saturated heterocycles. The van der Waals surface area contributed by atoms with Crippen LogP contribution in [0.2, 0.25) is 0 Å². The second-order valence-electron chi connectivity index (χ2n) is 4.95. The van der Waals surface area contributed by atoms with E-state index in [0.717, 1.165) is 16.3 Å². The molecule has 0 spiro atoms. The molecule has 0 amide bonds. The Hall–Kier alpha value is -2.23. The number of hydrazine groups is 1. The lowest BCUT2D eigenvalue weighted by Gasteiger charge is -2.11. The Morgan fingerprint density at radius 1 is 0.773 bits per heavy atom. The van der Waals surface area contributed by atoms with Gasteiger partial charge in [-0.15, -0.1) is 11.8 Å². The van der Waals surface area contributed by atoms with E-state index in [1.54, 1.807) is 11.8 Å². The van der Waals surface area contributed by atoms with Crippen molar-refractivity contribution < 1.29 is 0 Å². The van der Waals surface area contributed by atoms with Crippen LogP contribution in [0.3, 0.4) is 0 Å². The Morgan fingerprint density at radius 3 is 2.27 bits per heavy atom. The molecular formula is C19H18N2S. The van der Waals surface area contributed by atoms with E-state index >= 15 is 0 Å². The van der Waals surface area contributed by atoms with Crippen molar-refractivity contribution >= 4 is 17.4 Å². The van der Waals surface area contributed by atoms with Crippen molar-refractivity contribution in [3.63, 3.8) is 0 Å². The second-order valence-corrected chi connectivity index (χ2v) is 5.97. The van der Waals surface area contributed by atoms with E-state index in [-0.39, 0.29) is 0 Å². The zero-order chi connectivity index (χ0) is 15.2. The number of nitrogens with one attached hydrogen (secondary N) is 1. The van der Waals surface area contributed by atoms with Gasteiger partial charge < -0.3 is 5.43 Å². The van der Waals surface area contributed by atoms with Gasteiger partial charge in [-0.1, -0.05) is 66.7 Å². The van der Waals surface area contributed by atoms with Crippen molar-refractivity contribution in [1.82, 2.24) is 0 Å². The number of thioether (sulfide) groups is 1. The van der Waals surface area contributed by atoms with E-state index in [0.29, 0.717) is 0 Å². The van der Waals surface area contributed by atoms with Crippen LogP contribution in [-0.2, 0) is 5.75 Å². The third kappa shape index (κ3) is 3.32. The summed E-state index contributed by atoms with van der Waals surface area (Å²) in [5, 5.41) is 0. The third-order valence-corrected chi connectivity index (χ3v) is 4.65. The topological polar surface area (TPSA) is 38.0 Å². The van der Waals surface area contributed by atoms with Gasteiger partial charge in [0.25, 0.3) is 0 Å². The summed E-state index contributed by atoms with van der Waals surface area (Å²) in [6, 6.07) is 27.1. The Labute approximate surface area is 135 Å². The molecule has 0 aliphatic heterocycles. The van der Waals surface area contributed by atoms with Crippen molar-refractivity contribution in [2.75, 3.05) is 5.43 Å². The minimum Gasteiger partial charge on any atom is -0.323 e. The highest BCUT2D eigenvalue weighted by atomic mass is 32.2. The smallest absolute Gasteiger partial charge is 0.0621 e. The Morgan fingerprint density at radius 2 is 1.45 bits per heavy atom. The standard InChI is InChI=1S/C19H18N2S/c20-21-18-12-6-7-13-19(18)22-14-16-10-4-5-11-17(16)15-8-2-1-3-9-15/h1-13,21H,14,20H2. The van der Waals surface area contributed by atoms with Crippen LogP contribution in [0.4, 0.5) is 5.69 Å². The monoisotopic (exact) mass is 306 g/mol. The maximum absolute atomic E-state index is 5.58. The quantitative estimate of drug-likeness (QED) is 0.399. The van der Waals surface area contributed by atoms with E-state index in [1.165, 1.54) is 16.7 Å². The molecule has 3 N–H and O–H groups in total. The van der Waals surface area contributed by atoms with Gasteiger partial charge in [-0.3, -0.25) is 5.84 Å². The van der Waals surface area contributed by atoms with Crippen molar-refractivity contribution in [2.45, 2.75) is 10.6 Å². The largest absolute Gasteiger partial charge is 0.323 e. The zero-order valence-electron chi connectivity index (χ0n) is 12.2. The molecule has 0 radical (unpaired) electrons. The summed E-state index contributed by atoms with van der Waals surface area (Å²) in [7, 11) is 0. The molecule has 0 saturated carbocycles. The van der Waals surface area contributed by atoms with Crippen LogP contribution in [0.15, 0.2) is 83.8 Å². The number of nitrogen functional groups attached to an aromatic ring is 1. The molecule has 3 aromatic carbocycles. The fourth-order valence-corrected chi connectivity index (χ4v) is 3.43. The molecule has 3 aromatic rings. The number of benzene rings is 3. The Bertz CT molecular complexity index is 741. The van der Waals surface area contributed by atoms with Crippen molar-refractivity contribution in [2.24, 2.45) is 5.84 Å². The number of anilines is 1. The lowest BCUT2D eigenvalue weighted by atomic mass is 10.0. The lowest BCUT2D eigenvalue weighted by Crippen LogP contribution is -2.07. The first kappa shape index (κ1) is 14.7. The highest BCUT2D eigenvalue weighted by Crippen LogP contribution is 2.32. The molecule has 0 heterocycles. The molecule has 0 fully saturated rings. The molecule has 0 aliphatic carbocycles. The molecule has 2 nitrogen and oxygen atoms in total. The van der Waals surface area contributed by atoms with Crippen LogP contribution in [-0.4, -0.2) is 0 Å². The van der Waals surface area contributed by atoms with Gasteiger partial charge in [0, 0.05) is 10.6 Å². The fraction of sp³-hybridized carbons (Fsp3) is 0.0526. The van der Waals surface area contributed by atoms with Gasteiger partial charge >= 0.3 is 0 Å². The average Bonchev–Trinajstić information content (AvgIpc) is 2.61. The SMILES string of the molecule is NNc1ccccc1SCc1ccccc1-c1ccccc1. The number of para-hydroxylation sites is 1. The summed E-state index contributed by atoms with van der Waals surface area (Å²) in [6.45, 7) is 0. The van der Waals surface area contributed by atoms with Gasteiger partial charge in [-0.05, 0) is 28.8 Å². The van der Waals surface area contributed by atoms with E-state index in [9.17, 15) is 0 Å². The summed E-state index contributed by atoms with van der Waals surface area (Å²) in [5.41, 5.74) is 7.58. The van der Waals surface area contributed by atoms with E-state index in [2.05, 4.69) is 60.0 Å². The highest BCUT2D eigenvalue weighted by molar-refractivity contribution is 7.98. The lowest BCUT2D eigenvalue weighted by molar-refractivity contribution is 1.28. The first-order valence-corrected chi connectivity index (χ1v) is 8.19. The van der Waals surface area contributed by atoms with Gasteiger partial charge in [-0.25, -0.2) is 0 Å². The summed E-state index contributed by atoms with van der Waals surface area (Å²) in [6.07, 6.45) is 0. The van der Waals surface area contributed by atoms with E-state index in [4.69, 9.17) is 5.84 Å². The van der Waals surface area contributed by atoms with Crippen LogP contribution in [0.5, 0.6) is 0 Å². The second kappa shape index (κ2) is 7.16. The molecule has 0 bridgehead atoms. The van der Waals surface area contributed by atoms with E-state index < -0.39 is 0 Å². The number of hydrogen-bond donors (Lipinski definition) is 2. The highest BCUT2D eigenvalue weighted by Gasteiger charge is 2.06. The van der Waals surface area contributed by atoms with E-state index in [1.807, 2.05) is 24.3 Å². The summed E-state index contributed by atoms with van der Waals surface area (Å²) in [5.74, 6) is 6.48. The molecule has 0 atom stereocenters. The summed E-state index contributed by atoms with van der Waals surface area (Å²) < 4.78 is 0. The Kier molecular flexibility index (Phi) is 4.78.